The molecule has 3 rings (SSSR count). The first kappa shape index (κ1) is 16.4. The summed E-state index contributed by atoms with van der Waals surface area (Å²) in [6.45, 7) is 2.07. The molecule has 1 N–H and O–H groups in total. The summed E-state index contributed by atoms with van der Waals surface area (Å²) in [5.74, 6) is 0.610. The van der Waals surface area contributed by atoms with Crippen LogP contribution in [0.25, 0.3) is 0 Å². The van der Waals surface area contributed by atoms with Crippen LogP contribution in [0.4, 0.5) is 5.13 Å². The Labute approximate surface area is 150 Å². The van der Waals surface area contributed by atoms with E-state index in [0.717, 1.165) is 10.1 Å². The van der Waals surface area contributed by atoms with Crippen molar-refractivity contribution >= 4 is 57.1 Å². The molecule has 118 valence electrons. The number of benzene rings is 1. The Morgan fingerprint density at radius 1 is 1.26 bits per heavy atom. The molecule has 0 unspecified atom stereocenters. The van der Waals surface area contributed by atoms with E-state index in [0.29, 0.717) is 14.3 Å². The first-order valence-corrected chi connectivity index (χ1v) is 9.68. The fourth-order valence-electron chi connectivity index (χ4n) is 1.86. The molecule has 8 heteroatoms. The SMILES string of the molecule is Cc1cccc(CSc2nnc(NC(=O)c3ccc(Cl)s3)s2)c1. The van der Waals surface area contributed by atoms with Crippen LogP contribution in [0, 0.1) is 6.92 Å². The number of hydrogen-bond donors (Lipinski definition) is 1. The van der Waals surface area contributed by atoms with Gasteiger partial charge in [-0.2, -0.15) is 0 Å². The molecule has 2 aromatic heterocycles. The molecular weight excluding hydrogens is 370 g/mol. The summed E-state index contributed by atoms with van der Waals surface area (Å²) in [5, 5.41) is 11.3. The number of nitrogens with zero attached hydrogens (tertiary/aromatic N) is 2. The van der Waals surface area contributed by atoms with E-state index in [1.54, 1.807) is 23.9 Å². The molecule has 0 radical (unpaired) electrons. The Morgan fingerprint density at radius 3 is 2.87 bits per heavy atom. The maximum Gasteiger partial charge on any atom is 0.267 e. The van der Waals surface area contributed by atoms with Gasteiger partial charge in [0.2, 0.25) is 5.13 Å². The van der Waals surface area contributed by atoms with Crippen molar-refractivity contribution in [1.82, 2.24) is 10.2 Å². The van der Waals surface area contributed by atoms with E-state index in [9.17, 15) is 4.79 Å². The van der Waals surface area contributed by atoms with Gasteiger partial charge in [-0.25, -0.2) is 0 Å². The number of carbonyl (C=O) groups is 1. The van der Waals surface area contributed by atoms with Crippen molar-refractivity contribution in [2.24, 2.45) is 0 Å². The minimum Gasteiger partial charge on any atom is -0.296 e. The van der Waals surface area contributed by atoms with Crippen LogP contribution in [0.3, 0.4) is 0 Å². The predicted octanol–water partition coefficient (Wildman–Crippen LogP) is 5.11. The smallest absolute Gasteiger partial charge is 0.267 e. The lowest BCUT2D eigenvalue weighted by molar-refractivity contribution is 0.103. The second kappa shape index (κ2) is 7.44. The van der Waals surface area contributed by atoms with Gasteiger partial charge >= 0.3 is 0 Å². The van der Waals surface area contributed by atoms with Crippen molar-refractivity contribution in [3.8, 4) is 0 Å². The lowest BCUT2D eigenvalue weighted by Gasteiger charge is -1.99. The van der Waals surface area contributed by atoms with Gasteiger partial charge in [0.15, 0.2) is 4.34 Å². The van der Waals surface area contributed by atoms with E-state index in [1.165, 1.54) is 33.8 Å². The Balaban J connectivity index is 1.58. The summed E-state index contributed by atoms with van der Waals surface area (Å²) in [6.07, 6.45) is 0. The molecule has 0 saturated carbocycles. The number of carbonyl (C=O) groups excluding carboxylic acids is 1. The number of rotatable bonds is 5. The maximum absolute atomic E-state index is 12.0. The van der Waals surface area contributed by atoms with E-state index >= 15 is 0 Å². The average Bonchev–Trinajstić information content (AvgIpc) is 3.14. The highest BCUT2D eigenvalue weighted by atomic mass is 35.5. The highest BCUT2D eigenvalue weighted by Crippen LogP contribution is 2.29. The van der Waals surface area contributed by atoms with Crippen LogP contribution in [-0.2, 0) is 5.75 Å². The van der Waals surface area contributed by atoms with Gasteiger partial charge in [-0.1, -0.05) is 64.5 Å². The summed E-state index contributed by atoms with van der Waals surface area (Å²) in [5.41, 5.74) is 2.48. The fourth-order valence-corrected chi connectivity index (χ4v) is 4.49. The fraction of sp³-hybridized carbons (Fsp3) is 0.133. The summed E-state index contributed by atoms with van der Waals surface area (Å²) in [6, 6.07) is 11.7. The molecule has 1 aromatic carbocycles. The molecule has 0 aliphatic rings. The molecule has 2 heterocycles. The monoisotopic (exact) mass is 381 g/mol. The molecule has 4 nitrogen and oxygen atoms in total. The number of halogens is 1. The van der Waals surface area contributed by atoms with Crippen molar-refractivity contribution in [3.05, 3.63) is 56.7 Å². The van der Waals surface area contributed by atoms with Crippen LogP contribution in [0.2, 0.25) is 4.34 Å². The van der Waals surface area contributed by atoms with Crippen molar-refractivity contribution < 1.29 is 4.79 Å². The molecule has 1 amide bonds. The number of amides is 1. The standard InChI is InChI=1S/C15H12ClN3OS3/c1-9-3-2-4-10(7-9)8-21-15-19-18-14(23-15)17-13(20)11-5-6-12(16)22-11/h2-7H,8H2,1H3,(H,17,18,20). The van der Waals surface area contributed by atoms with Crippen LogP contribution in [0.5, 0.6) is 0 Å². The molecule has 0 bridgehead atoms. The van der Waals surface area contributed by atoms with Gasteiger partial charge in [-0.3, -0.25) is 10.1 Å². The topological polar surface area (TPSA) is 54.9 Å². The van der Waals surface area contributed by atoms with Crippen LogP contribution in [0.1, 0.15) is 20.8 Å². The van der Waals surface area contributed by atoms with Crippen LogP contribution in [0.15, 0.2) is 40.7 Å². The lowest BCUT2D eigenvalue weighted by Crippen LogP contribution is -2.09. The second-order valence-corrected chi connectivity index (χ2v) is 8.62. The number of hydrogen-bond acceptors (Lipinski definition) is 6. The number of aryl methyl sites for hydroxylation is 1. The average molecular weight is 382 g/mol. The zero-order valence-corrected chi connectivity index (χ0v) is 15.3. The number of thioether (sulfide) groups is 1. The summed E-state index contributed by atoms with van der Waals surface area (Å²) in [4.78, 5) is 12.6. The Bertz CT molecular complexity index is 831. The molecule has 0 aliphatic heterocycles. The van der Waals surface area contributed by atoms with E-state index < -0.39 is 0 Å². The second-order valence-electron chi connectivity index (χ2n) is 4.71. The van der Waals surface area contributed by atoms with Crippen LogP contribution < -0.4 is 5.32 Å². The highest BCUT2D eigenvalue weighted by molar-refractivity contribution is 8.00. The van der Waals surface area contributed by atoms with E-state index in [4.69, 9.17) is 11.6 Å². The zero-order valence-electron chi connectivity index (χ0n) is 12.1. The van der Waals surface area contributed by atoms with Crippen molar-refractivity contribution in [2.45, 2.75) is 17.0 Å². The molecule has 0 spiro atoms. The Kier molecular flexibility index (Phi) is 5.32. The summed E-state index contributed by atoms with van der Waals surface area (Å²) in [7, 11) is 0. The number of anilines is 1. The summed E-state index contributed by atoms with van der Waals surface area (Å²) < 4.78 is 1.41. The van der Waals surface area contributed by atoms with E-state index in [2.05, 4.69) is 40.6 Å². The van der Waals surface area contributed by atoms with Crippen molar-refractivity contribution in [1.29, 1.82) is 0 Å². The van der Waals surface area contributed by atoms with E-state index in [1.807, 2.05) is 6.07 Å². The van der Waals surface area contributed by atoms with Crippen LogP contribution in [-0.4, -0.2) is 16.1 Å². The maximum atomic E-state index is 12.0. The first-order chi connectivity index (χ1) is 11.1. The third-order valence-electron chi connectivity index (χ3n) is 2.87. The van der Waals surface area contributed by atoms with Gasteiger partial charge in [-0.05, 0) is 24.6 Å². The van der Waals surface area contributed by atoms with Gasteiger partial charge in [0, 0.05) is 5.75 Å². The quantitative estimate of drug-likeness (QED) is 0.493. The number of nitrogens with one attached hydrogen (secondary N) is 1. The van der Waals surface area contributed by atoms with Gasteiger partial charge in [-0.15, -0.1) is 21.5 Å². The Hall–Kier alpha value is -1.41. The molecule has 0 atom stereocenters. The molecule has 0 saturated heterocycles. The minimum absolute atomic E-state index is 0.215. The first-order valence-electron chi connectivity index (χ1n) is 6.69. The van der Waals surface area contributed by atoms with Crippen molar-refractivity contribution in [2.75, 3.05) is 5.32 Å². The van der Waals surface area contributed by atoms with Gasteiger partial charge in [0.05, 0.1) is 9.21 Å². The van der Waals surface area contributed by atoms with Gasteiger partial charge in [0.25, 0.3) is 5.91 Å². The van der Waals surface area contributed by atoms with Gasteiger partial charge in [0.1, 0.15) is 0 Å². The normalized spacial score (nSPS) is 10.7. The van der Waals surface area contributed by atoms with E-state index in [-0.39, 0.29) is 5.91 Å². The molecule has 0 fully saturated rings. The largest absolute Gasteiger partial charge is 0.296 e. The van der Waals surface area contributed by atoms with Gasteiger partial charge < -0.3 is 0 Å². The molecular formula is C15H12ClN3OS3. The Morgan fingerprint density at radius 2 is 2.13 bits per heavy atom. The predicted molar refractivity (Wildman–Crippen MR) is 97.9 cm³/mol. The third kappa shape index (κ3) is 4.54. The lowest BCUT2D eigenvalue weighted by atomic mass is 10.2. The molecule has 23 heavy (non-hydrogen) atoms. The van der Waals surface area contributed by atoms with Crippen molar-refractivity contribution in [3.63, 3.8) is 0 Å². The number of aromatic nitrogens is 2. The third-order valence-corrected chi connectivity index (χ3v) is 6.14. The highest BCUT2D eigenvalue weighted by Gasteiger charge is 2.12. The molecule has 3 aromatic rings. The number of thiophene rings is 1. The summed E-state index contributed by atoms with van der Waals surface area (Å²) >= 11 is 10.0. The zero-order chi connectivity index (χ0) is 16.2. The molecule has 0 aliphatic carbocycles. The minimum atomic E-state index is -0.215. The van der Waals surface area contributed by atoms with Crippen LogP contribution >= 0.6 is 46.0 Å².